The summed E-state index contributed by atoms with van der Waals surface area (Å²) in [6.07, 6.45) is 6.58. The zero-order valence-corrected chi connectivity index (χ0v) is 18.2. The largest absolute Gasteiger partial charge is 0.362 e. The smallest absolute Gasteiger partial charge is 0.225 e. The van der Waals surface area contributed by atoms with Crippen molar-refractivity contribution in [1.29, 1.82) is 0 Å². The summed E-state index contributed by atoms with van der Waals surface area (Å²) in [4.78, 5) is 15.0. The minimum absolute atomic E-state index is 0.418. The van der Waals surface area contributed by atoms with Gasteiger partial charge in [0.1, 0.15) is 5.82 Å². The average Bonchev–Trinajstić information content (AvgIpc) is 3.27. The highest BCUT2D eigenvalue weighted by Gasteiger charge is 2.22. The van der Waals surface area contributed by atoms with Crippen LogP contribution >= 0.6 is 0 Å². The van der Waals surface area contributed by atoms with Crippen LogP contribution in [0.5, 0.6) is 0 Å². The van der Waals surface area contributed by atoms with E-state index in [4.69, 9.17) is 9.97 Å². The third kappa shape index (κ3) is 4.21. The molecule has 0 radical (unpaired) electrons. The maximum Gasteiger partial charge on any atom is 0.225 e. The number of H-pyrrole nitrogens is 1. The van der Waals surface area contributed by atoms with Gasteiger partial charge in [0, 0.05) is 49.8 Å². The number of anilines is 2. The Bertz CT molecular complexity index is 1170. The molecule has 160 valence electrons. The fraction of sp³-hybridized carbons (Fsp3) is 0.360. The van der Waals surface area contributed by atoms with Crippen LogP contribution in [0.15, 0.2) is 54.7 Å². The standard InChI is InChI=1S/C25H30N6/c1-31(2)24-21-8-3-4-9-22(21)29-25(30-24)28-20-12-10-19(11-13-20)27-16-18-7-5-6-17-14-15-26-23(17)18/h3-9,14-15,19-20,26-27H,10-13,16H2,1-2H3,(H,28,29,30). The molecule has 31 heavy (non-hydrogen) atoms. The molecule has 0 bridgehead atoms. The average molecular weight is 415 g/mol. The Morgan fingerprint density at radius 3 is 2.58 bits per heavy atom. The predicted molar refractivity (Wildman–Crippen MR) is 129 cm³/mol. The van der Waals surface area contributed by atoms with E-state index >= 15 is 0 Å². The zero-order valence-electron chi connectivity index (χ0n) is 18.2. The van der Waals surface area contributed by atoms with Crippen LogP contribution in [0.2, 0.25) is 0 Å². The minimum atomic E-state index is 0.418. The second-order valence-electron chi connectivity index (χ2n) is 8.72. The Balaban J connectivity index is 1.20. The molecule has 1 saturated carbocycles. The van der Waals surface area contributed by atoms with Gasteiger partial charge >= 0.3 is 0 Å². The fourth-order valence-electron chi connectivity index (χ4n) is 4.64. The monoisotopic (exact) mass is 414 g/mol. The lowest BCUT2D eigenvalue weighted by molar-refractivity contribution is 0.352. The van der Waals surface area contributed by atoms with E-state index in [1.54, 1.807) is 0 Å². The highest BCUT2D eigenvalue weighted by molar-refractivity contribution is 5.90. The van der Waals surface area contributed by atoms with E-state index in [0.29, 0.717) is 12.1 Å². The molecule has 0 amide bonds. The molecule has 0 unspecified atom stereocenters. The first-order valence-corrected chi connectivity index (χ1v) is 11.2. The topological polar surface area (TPSA) is 68.9 Å². The van der Waals surface area contributed by atoms with Gasteiger partial charge in [0.15, 0.2) is 0 Å². The summed E-state index contributed by atoms with van der Waals surface area (Å²) in [5.74, 6) is 1.69. The molecule has 0 aliphatic heterocycles. The second kappa shape index (κ2) is 8.55. The van der Waals surface area contributed by atoms with Gasteiger partial charge in [-0.3, -0.25) is 0 Å². The van der Waals surface area contributed by atoms with Gasteiger partial charge in [-0.15, -0.1) is 0 Å². The van der Waals surface area contributed by atoms with Crippen LogP contribution in [0.3, 0.4) is 0 Å². The van der Waals surface area contributed by atoms with Crippen molar-refractivity contribution in [3.8, 4) is 0 Å². The Hall–Kier alpha value is -3.12. The summed E-state index contributed by atoms with van der Waals surface area (Å²) in [5, 5.41) is 9.73. The number of benzene rings is 2. The molecule has 4 aromatic rings. The van der Waals surface area contributed by atoms with Gasteiger partial charge in [0.2, 0.25) is 5.95 Å². The fourth-order valence-corrected chi connectivity index (χ4v) is 4.64. The third-order valence-electron chi connectivity index (χ3n) is 6.32. The highest BCUT2D eigenvalue weighted by atomic mass is 15.2. The van der Waals surface area contributed by atoms with Gasteiger partial charge in [-0.1, -0.05) is 30.3 Å². The van der Waals surface area contributed by atoms with Crippen LogP contribution in [0.25, 0.3) is 21.8 Å². The Kier molecular flexibility index (Phi) is 5.47. The quantitative estimate of drug-likeness (QED) is 0.427. The molecule has 5 rings (SSSR count). The summed E-state index contributed by atoms with van der Waals surface area (Å²) in [7, 11) is 4.06. The van der Waals surface area contributed by atoms with Crippen LogP contribution in [-0.4, -0.2) is 41.1 Å². The number of nitrogens with zero attached hydrogens (tertiary/aromatic N) is 3. The van der Waals surface area contributed by atoms with E-state index in [2.05, 4.69) is 56.9 Å². The number of nitrogens with one attached hydrogen (secondary N) is 3. The van der Waals surface area contributed by atoms with Crippen molar-refractivity contribution in [3.63, 3.8) is 0 Å². The van der Waals surface area contributed by atoms with Gasteiger partial charge < -0.3 is 20.5 Å². The normalized spacial score (nSPS) is 19.0. The van der Waals surface area contributed by atoms with Crippen molar-refractivity contribution in [2.24, 2.45) is 0 Å². The van der Waals surface area contributed by atoms with E-state index in [-0.39, 0.29) is 0 Å². The first-order chi connectivity index (χ1) is 15.2. The molecular weight excluding hydrogens is 384 g/mol. The molecule has 3 N–H and O–H groups in total. The summed E-state index contributed by atoms with van der Waals surface area (Å²) in [6, 6.07) is 17.8. The summed E-state index contributed by atoms with van der Waals surface area (Å²) >= 11 is 0. The van der Waals surface area contributed by atoms with Crippen LogP contribution in [0, 0.1) is 0 Å². The molecule has 1 fully saturated rings. The molecule has 0 atom stereocenters. The van der Waals surface area contributed by atoms with E-state index in [9.17, 15) is 0 Å². The zero-order chi connectivity index (χ0) is 21.2. The Labute approximate surface area is 183 Å². The lowest BCUT2D eigenvalue weighted by Gasteiger charge is -2.30. The molecule has 6 heteroatoms. The van der Waals surface area contributed by atoms with Crippen molar-refractivity contribution in [2.45, 2.75) is 44.3 Å². The van der Waals surface area contributed by atoms with Gasteiger partial charge in [-0.2, -0.15) is 4.98 Å². The molecule has 0 saturated heterocycles. The number of hydrogen-bond donors (Lipinski definition) is 3. The van der Waals surface area contributed by atoms with Crippen molar-refractivity contribution in [2.75, 3.05) is 24.3 Å². The van der Waals surface area contributed by atoms with Crippen LogP contribution < -0.4 is 15.5 Å². The number of para-hydroxylation sites is 2. The number of aromatic nitrogens is 3. The van der Waals surface area contributed by atoms with E-state index in [1.807, 2.05) is 32.4 Å². The predicted octanol–water partition coefficient (Wildman–Crippen LogP) is 4.69. The maximum atomic E-state index is 4.80. The molecule has 2 heterocycles. The summed E-state index contributed by atoms with van der Waals surface area (Å²) in [6.45, 7) is 0.903. The van der Waals surface area contributed by atoms with Crippen LogP contribution in [-0.2, 0) is 6.54 Å². The van der Waals surface area contributed by atoms with Gasteiger partial charge in [0.05, 0.1) is 5.52 Å². The molecule has 1 aliphatic rings. The minimum Gasteiger partial charge on any atom is -0.362 e. The van der Waals surface area contributed by atoms with Crippen molar-refractivity contribution < 1.29 is 0 Å². The lowest BCUT2D eigenvalue weighted by Crippen LogP contribution is -2.37. The molecule has 0 spiro atoms. The highest BCUT2D eigenvalue weighted by Crippen LogP contribution is 2.26. The number of fused-ring (bicyclic) bond motifs is 2. The van der Waals surface area contributed by atoms with Crippen molar-refractivity contribution >= 4 is 33.6 Å². The van der Waals surface area contributed by atoms with E-state index in [1.165, 1.54) is 16.5 Å². The number of rotatable bonds is 6. The van der Waals surface area contributed by atoms with E-state index < -0.39 is 0 Å². The lowest BCUT2D eigenvalue weighted by atomic mass is 9.91. The van der Waals surface area contributed by atoms with Crippen LogP contribution in [0.1, 0.15) is 31.2 Å². The molecule has 2 aromatic carbocycles. The van der Waals surface area contributed by atoms with Crippen molar-refractivity contribution in [1.82, 2.24) is 20.3 Å². The summed E-state index contributed by atoms with van der Waals surface area (Å²) < 4.78 is 0. The van der Waals surface area contributed by atoms with Gasteiger partial charge in [-0.25, -0.2) is 4.98 Å². The molecular formula is C25H30N6. The van der Waals surface area contributed by atoms with Gasteiger partial charge in [0.25, 0.3) is 0 Å². The first-order valence-electron chi connectivity index (χ1n) is 11.2. The number of hydrogen-bond acceptors (Lipinski definition) is 5. The molecule has 1 aliphatic carbocycles. The first kappa shape index (κ1) is 19.8. The maximum absolute atomic E-state index is 4.80. The molecule has 6 nitrogen and oxygen atoms in total. The van der Waals surface area contributed by atoms with Gasteiger partial charge in [-0.05, 0) is 54.8 Å². The Morgan fingerprint density at radius 1 is 0.935 bits per heavy atom. The van der Waals surface area contributed by atoms with Crippen molar-refractivity contribution in [3.05, 3.63) is 60.3 Å². The summed E-state index contributed by atoms with van der Waals surface area (Å²) in [5.41, 5.74) is 3.57. The van der Waals surface area contributed by atoms with E-state index in [0.717, 1.165) is 54.9 Å². The number of aromatic amines is 1. The Morgan fingerprint density at radius 2 is 1.74 bits per heavy atom. The van der Waals surface area contributed by atoms with Crippen LogP contribution in [0.4, 0.5) is 11.8 Å². The SMILES string of the molecule is CN(C)c1nc(NC2CCC(NCc3cccc4cc[nH]c34)CC2)nc2ccccc12. The third-order valence-corrected chi connectivity index (χ3v) is 6.32. The second-order valence-corrected chi connectivity index (χ2v) is 8.72. The molecule has 2 aromatic heterocycles.